The highest BCUT2D eigenvalue weighted by Crippen LogP contribution is 2.17. The van der Waals surface area contributed by atoms with E-state index < -0.39 is 10.1 Å². The fourth-order valence-electron chi connectivity index (χ4n) is 0.775. The van der Waals surface area contributed by atoms with Crippen LogP contribution in [-0.2, 0) is 14.3 Å². The Morgan fingerprint density at radius 3 is 2.85 bits per heavy atom. The van der Waals surface area contributed by atoms with Gasteiger partial charge in [-0.15, -0.1) is 11.3 Å². The van der Waals surface area contributed by atoms with E-state index in [9.17, 15) is 8.42 Å². The second-order valence-electron chi connectivity index (χ2n) is 2.76. The molecule has 0 aliphatic rings. The quantitative estimate of drug-likeness (QED) is 0.717. The van der Waals surface area contributed by atoms with Gasteiger partial charge in [-0.05, 0) is 0 Å². The summed E-state index contributed by atoms with van der Waals surface area (Å²) in [4.78, 5) is 4.06. The maximum absolute atomic E-state index is 10.7. The molecule has 1 unspecified atom stereocenters. The molecule has 0 bridgehead atoms. The summed E-state index contributed by atoms with van der Waals surface area (Å²) in [6.07, 6.45) is 2.73. The van der Waals surface area contributed by atoms with Gasteiger partial charge in [-0.3, -0.25) is 4.18 Å². The summed E-state index contributed by atoms with van der Waals surface area (Å²) in [6, 6.07) is 0. The highest BCUT2D eigenvalue weighted by atomic mass is 32.2. The summed E-state index contributed by atoms with van der Waals surface area (Å²) in [7, 11) is -3.33. The SMILES string of the molecule is CC(COS(C)(=O)=O)c1nccs1. The number of hydrogen-bond donors (Lipinski definition) is 0. The predicted molar refractivity (Wildman–Crippen MR) is 51.3 cm³/mol. The molecule has 1 rings (SSSR count). The fourth-order valence-corrected chi connectivity index (χ4v) is 1.91. The van der Waals surface area contributed by atoms with Gasteiger partial charge in [0.25, 0.3) is 10.1 Å². The summed E-state index contributed by atoms with van der Waals surface area (Å²) < 4.78 is 26.0. The average Bonchev–Trinajstić information content (AvgIpc) is 2.50. The lowest BCUT2D eigenvalue weighted by Crippen LogP contribution is -2.09. The van der Waals surface area contributed by atoms with Crippen LogP contribution in [0.4, 0.5) is 0 Å². The zero-order chi connectivity index (χ0) is 9.90. The summed E-state index contributed by atoms with van der Waals surface area (Å²) in [6.45, 7) is 2.04. The zero-order valence-corrected chi connectivity index (χ0v) is 9.06. The van der Waals surface area contributed by atoms with Crippen molar-refractivity contribution in [2.75, 3.05) is 12.9 Å². The minimum Gasteiger partial charge on any atom is -0.270 e. The third-order valence-corrected chi connectivity index (χ3v) is 2.98. The van der Waals surface area contributed by atoms with E-state index in [0.29, 0.717) is 0 Å². The Hall–Kier alpha value is -0.460. The Morgan fingerprint density at radius 2 is 2.38 bits per heavy atom. The molecular formula is C7H11NO3S2. The number of hydrogen-bond acceptors (Lipinski definition) is 5. The zero-order valence-electron chi connectivity index (χ0n) is 7.43. The van der Waals surface area contributed by atoms with E-state index in [2.05, 4.69) is 9.17 Å². The van der Waals surface area contributed by atoms with Crippen LogP contribution >= 0.6 is 11.3 Å². The van der Waals surface area contributed by atoms with Crippen molar-refractivity contribution >= 4 is 21.5 Å². The van der Waals surface area contributed by atoms with Gasteiger partial charge in [-0.2, -0.15) is 8.42 Å². The second kappa shape index (κ2) is 4.17. The number of thiazole rings is 1. The Bertz CT molecular complexity index is 344. The van der Waals surface area contributed by atoms with Crippen molar-refractivity contribution in [1.29, 1.82) is 0 Å². The Kier molecular flexibility index (Phi) is 3.40. The predicted octanol–water partition coefficient (Wildman–Crippen LogP) is 1.22. The molecule has 6 heteroatoms. The van der Waals surface area contributed by atoms with E-state index in [1.54, 1.807) is 6.20 Å². The maximum Gasteiger partial charge on any atom is 0.264 e. The van der Waals surface area contributed by atoms with E-state index in [-0.39, 0.29) is 12.5 Å². The van der Waals surface area contributed by atoms with Crippen LogP contribution < -0.4 is 0 Å². The largest absolute Gasteiger partial charge is 0.270 e. The van der Waals surface area contributed by atoms with Crippen molar-refractivity contribution in [3.05, 3.63) is 16.6 Å². The Morgan fingerprint density at radius 1 is 1.69 bits per heavy atom. The van der Waals surface area contributed by atoms with Gasteiger partial charge in [0.05, 0.1) is 17.9 Å². The summed E-state index contributed by atoms with van der Waals surface area (Å²) >= 11 is 1.50. The van der Waals surface area contributed by atoms with E-state index in [1.807, 2.05) is 12.3 Å². The maximum atomic E-state index is 10.7. The number of nitrogens with zero attached hydrogens (tertiary/aromatic N) is 1. The first-order valence-electron chi connectivity index (χ1n) is 3.73. The van der Waals surface area contributed by atoms with Gasteiger partial charge in [-0.1, -0.05) is 6.92 Å². The fraction of sp³-hybridized carbons (Fsp3) is 0.571. The molecule has 74 valence electrons. The van der Waals surface area contributed by atoms with Crippen LogP contribution in [0.25, 0.3) is 0 Å². The molecule has 4 nitrogen and oxygen atoms in total. The van der Waals surface area contributed by atoms with Crippen LogP contribution in [0.15, 0.2) is 11.6 Å². The molecule has 0 N–H and O–H groups in total. The summed E-state index contributed by atoms with van der Waals surface area (Å²) in [5, 5.41) is 2.75. The van der Waals surface area contributed by atoms with Crippen molar-refractivity contribution in [3.8, 4) is 0 Å². The third-order valence-electron chi connectivity index (χ3n) is 1.41. The molecular weight excluding hydrogens is 210 g/mol. The van der Waals surface area contributed by atoms with E-state index in [1.165, 1.54) is 11.3 Å². The first kappa shape index (κ1) is 10.6. The van der Waals surface area contributed by atoms with E-state index >= 15 is 0 Å². The van der Waals surface area contributed by atoms with Crippen LogP contribution in [0.5, 0.6) is 0 Å². The van der Waals surface area contributed by atoms with Gasteiger partial charge in [0.15, 0.2) is 0 Å². The normalized spacial score (nSPS) is 14.3. The molecule has 1 aromatic heterocycles. The molecule has 0 fully saturated rings. The van der Waals surface area contributed by atoms with Crippen LogP contribution in [0.2, 0.25) is 0 Å². The molecule has 0 aliphatic carbocycles. The second-order valence-corrected chi connectivity index (χ2v) is 5.33. The molecule has 0 saturated heterocycles. The van der Waals surface area contributed by atoms with Crippen molar-refractivity contribution < 1.29 is 12.6 Å². The van der Waals surface area contributed by atoms with Gasteiger partial charge in [-0.25, -0.2) is 4.98 Å². The molecule has 1 atom stereocenters. The van der Waals surface area contributed by atoms with Crippen molar-refractivity contribution in [2.45, 2.75) is 12.8 Å². The lowest BCUT2D eigenvalue weighted by Gasteiger charge is -2.06. The molecule has 0 spiro atoms. The minimum absolute atomic E-state index is 0.0229. The standard InChI is InChI=1S/C7H11NO3S2/c1-6(5-11-13(2,9)10)7-8-3-4-12-7/h3-4,6H,5H2,1-2H3. The lowest BCUT2D eigenvalue weighted by atomic mass is 10.2. The number of aromatic nitrogens is 1. The molecule has 0 radical (unpaired) electrons. The van der Waals surface area contributed by atoms with E-state index in [4.69, 9.17) is 0 Å². The van der Waals surface area contributed by atoms with Crippen molar-refractivity contribution in [2.24, 2.45) is 0 Å². The molecule has 0 aromatic carbocycles. The third kappa shape index (κ3) is 3.84. The van der Waals surface area contributed by atoms with Gasteiger partial charge in [0, 0.05) is 17.5 Å². The molecule has 0 saturated carbocycles. The Balaban J connectivity index is 2.48. The minimum atomic E-state index is -3.33. The monoisotopic (exact) mass is 221 g/mol. The van der Waals surface area contributed by atoms with E-state index in [0.717, 1.165) is 11.3 Å². The average molecular weight is 221 g/mol. The topological polar surface area (TPSA) is 56.3 Å². The highest BCUT2D eigenvalue weighted by molar-refractivity contribution is 7.85. The lowest BCUT2D eigenvalue weighted by molar-refractivity contribution is 0.301. The summed E-state index contributed by atoms with van der Waals surface area (Å²) in [5.74, 6) is 0.0229. The molecule has 13 heavy (non-hydrogen) atoms. The molecule has 0 aliphatic heterocycles. The van der Waals surface area contributed by atoms with Gasteiger partial charge in [0.2, 0.25) is 0 Å². The van der Waals surface area contributed by atoms with Crippen LogP contribution in [0, 0.1) is 0 Å². The van der Waals surface area contributed by atoms with Crippen LogP contribution in [0.1, 0.15) is 17.8 Å². The molecule has 0 amide bonds. The highest BCUT2D eigenvalue weighted by Gasteiger charge is 2.11. The van der Waals surface area contributed by atoms with Crippen LogP contribution in [-0.4, -0.2) is 26.3 Å². The smallest absolute Gasteiger partial charge is 0.264 e. The van der Waals surface area contributed by atoms with Gasteiger partial charge >= 0.3 is 0 Å². The Labute approximate surface area is 81.7 Å². The molecule has 1 heterocycles. The summed E-state index contributed by atoms with van der Waals surface area (Å²) in [5.41, 5.74) is 0. The number of rotatable bonds is 4. The van der Waals surface area contributed by atoms with Gasteiger partial charge < -0.3 is 0 Å². The van der Waals surface area contributed by atoms with Crippen molar-refractivity contribution in [3.63, 3.8) is 0 Å². The van der Waals surface area contributed by atoms with Gasteiger partial charge in [0.1, 0.15) is 0 Å². The van der Waals surface area contributed by atoms with Crippen molar-refractivity contribution in [1.82, 2.24) is 4.98 Å². The molecule has 1 aromatic rings. The van der Waals surface area contributed by atoms with Crippen LogP contribution in [0.3, 0.4) is 0 Å². The first-order chi connectivity index (χ1) is 5.99. The first-order valence-corrected chi connectivity index (χ1v) is 6.42.